The van der Waals surface area contributed by atoms with Gasteiger partial charge in [0.1, 0.15) is 5.58 Å². The number of hydrogen-bond acceptors (Lipinski definition) is 5. The van der Waals surface area contributed by atoms with Crippen LogP contribution >= 0.6 is 15.9 Å². The first-order valence-corrected chi connectivity index (χ1v) is 9.84. The van der Waals surface area contributed by atoms with Crippen LogP contribution in [0.3, 0.4) is 0 Å². The number of benzene rings is 2. The molecule has 0 atom stereocenters. The second-order valence-corrected chi connectivity index (χ2v) is 7.15. The fourth-order valence-electron chi connectivity index (χ4n) is 2.83. The summed E-state index contributed by atoms with van der Waals surface area (Å²) in [4.78, 5) is 25.0. The van der Waals surface area contributed by atoms with Gasteiger partial charge in [0.2, 0.25) is 0 Å². The topological polar surface area (TPSA) is 89.8 Å². The lowest BCUT2D eigenvalue weighted by atomic mass is 10.1. The number of methoxy groups -OCH3 is 1. The van der Waals surface area contributed by atoms with Crippen molar-refractivity contribution in [2.75, 3.05) is 13.7 Å². The highest BCUT2D eigenvalue weighted by Gasteiger charge is 2.19. The number of nitrogens with one attached hydrogen (secondary N) is 2. The third-order valence-corrected chi connectivity index (χ3v) is 4.87. The molecule has 0 unspecified atom stereocenters. The van der Waals surface area contributed by atoms with E-state index in [0.29, 0.717) is 39.3 Å². The molecule has 152 valence electrons. The second kappa shape index (κ2) is 9.00. The second-order valence-electron chi connectivity index (χ2n) is 6.30. The third-order valence-electron chi connectivity index (χ3n) is 4.28. The Bertz CT molecular complexity index is 1060. The highest BCUT2D eigenvalue weighted by Crippen LogP contribution is 2.36. The lowest BCUT2D eigenvalue weighted by molar-refractivity contribution is 0.0831. The number of aryl methyl sites for hydroxylation is 1. The number of ether oxygens (including phenoxy) is 2. The van der Waals surface area contributed by atoms with Gasteiger partial charge in [-0.2, -0.15) is 0 Å². The lowest BCUT2D eigenvalue weighted by Gasteiger charge is -2.14. The van der Waals surface area contributed by atoms with Gasteiger partial charge in [0.15, 0.2) is 17.3 Å². The van der Waals surface area contributed by atoms with E-state index in [-0.39, 0.29) is 5.76 Å². The number of furan rings is 1. The minimum absolute atomic E-state index is 0.147. The predicted octanol–water partition coefficient (Wildman–Crippen LogP) is 4.38. The number of rotatable bonds is 6. The Morgan fingerprint density at radius 2 is 1.86 bits per heavy atom. The lowest BCUT2D eigenvalue weighted by Crippen LogP contribution is -2.41. The Kier molecular flexibility index (Phi) is 6.43. The normalized spacial score (nSPS) is 10.6. The van der Waals surface area contributed by atoms with Gasteiger partial charge in [0, 0.05) is 16.5 Å². The summed E-state index contributed by atoms with van der Waals surface area (Å²) in [5.74, 6) is 0.0352. The number of halogens is 1. The van der Waals surface area contributed by atoms with Gasteiger partial charge in [0.25, 0.3) is 5.91 Å². The van der Waals surface area contributed by atoms with Crippen LogP contribution in [0.25, 0.3) is 11.0 Å². The predicted molar refractivity (Wildman–Crippen MR) is 112 cm³/mol. The summed E-state index contributed by atoms with van der Waals surface area (Å²) in [6.45, 7) is 4.31. The number of carbonyl (C=O) groups excluding carboxylic acids is 2. The Balaban J connectivity index is 1.73. The minimum atomic E-state index is -0.541. The minimum Gasteiger partial charge on any atom is -0.493 e. The van der Waals surface area contributed by atoms with E-state index in [1.807, 2.05) is 25.1 Å². The highest BCUT2D eigenvalue weighted by atomic mass is 79.9. The number of para-hydroxylation sites is 1. The molecule has 0 radical (unpaired) electrons. The SMILES string of the molecule is CCCOc1c(Br)cc(C(=O)NNC(=O)c2oc3ccccc3c2C)cc1OC. The van der Waals surface area contributed by atoms with E-state index < -0.39 is 11.8 Å². The molecule has 1 heterocycles. The summed E-state index contributed by atoms with van der Waals surface area (Å²) >= 11 is 3.40. The van der Waals surface area contributed by atoms with E-state index in [9.17, 15) is 9.59 Å². The maximum absolute atomic E-state index is 12.5. The molecule has 2 amide bonds. The zero-order valence-electron chi connectivity index (χ0n) is 16.3. The maximum atomic E-state index is 12.5. The standard InChI is InChI=1S/C21H21BrN2O5/c1-4-9-28-19-15(22)10-13(11-17(19)27-3)20(25)23-24-21(26)18-12(2)14-7-5-6-8-16(14)29-18/h5-8,10-11H,4,9H2,1-3H3,(H,23,25)(H,24,26). The number of hydrazine groups is 1. The molecule has 0 bridgehead atoms. The van der Waals surface area contributed by atoms with Crippen LogP contribution in [0.5, 0.6) is 11.5 Å². The molecule has 8 heteroatoms. The first-order chi connectivity index (χ1) is 14.0. The van der Waals surface area contributed by atoms with Gasteiger partial charge in [-0.1, -0.05) is 25.1 Å². The molecule has 2 N–H and O–H groups in total. The highest BCUT2D eigenvalue weighted by molar-refractivity contribution is 9.10. The fourth-order valence-corrected chi connectivity index (χ4v) is 3.38. The summed E-state index contributed by atoms with van der Waals surface area (Å²) < 4.78 is 17.2. The molecule has 2 aromatic carbocycles. The molecule has 1 aromatic heterocycles. The molecular weight excluding hydrogens is 440 g/mol. The van der Waals surface area contributed by atoms with Crippen LogP contribution in [0, 0.1) is 6.92 Å². The van der Waals surface area contributed by atoms with Crippen molar-refractivity contribution < 1.29 is 23.5 Å². The molecule has 0 saturated heterocycles. The van der Waals surface area contributed by atoms with Crippen LogP contribution in [0.4, 0.5) is 0 Å². The van der Waals surface area contributed by atoms with Crippen molar-refractivity contribution in [2.24, 2.45) is 0 Å². The quantitative estimate of drug-likeness (QED) is 0.532. The van der Waals surface area contributed by atoms with Crippen LogP contribution in [0.15, 0.2) is 45.3 Å². The van der Waals surface area contributed by atoms with Crippen molar-refractivity contribution in [3.05, 3.63) is 57.8 Å². The number of carbonyl (C=O) groups is 2. The molecule has 0 aliphatic carbocycles. The first-order valence-electron chi connectivity index (χ1n) is 9.05. The van der Waals surface area contributed by atoms with Gasteiger partial charge in [-0.25, -0.2) is 0 Å². The molecule has 0 fully saturated rings. The van der Waals surface area contributed by atoms with Gasteiger partial charge < -0.3 is 13.9 Å². The Morgan fingerprint density at radius 3 is 2.55 bits per heavy atom. The van der Waals surface area contributed by atoms with Crippen LogP contribution in [0.1, 0.15) is 39.8 Å². The molecule has 0 saturated carbocycles. The Morgan fingerprint density at radius 1 is 1.14 bits per heavy atom. The summed E-state index contributed by atoms with van der Waals surface area (Å²) in [5, 5.41) is 0.848. The molecule has 3 aromatic rings. The van der Waals surface area contributed by atoms with Crippen LogP contribution < -0.4 is 20.3 Å². The van der Waals surface area contributed by atoms with Crippen LogP contribution in [-0.2, 0) is 0 Å². The van der Waals surface area contributed by atoms with Crippen LogP contribution in [-0.4, -0.2) is 25.5 Å². The molecule has 0 aliphatic rings. The van der Waals surface area contributed by atoms with Gasteiger partial charge >= 0.3 is 5.91 Å². The third kappa shape index (κ3) is 4.37. The molecule has 0 spiro atoms. The van der Waals surface area contributed by atoms with Crippen molar-refractivity contribution in [3.63, 3.8) is 0 Å². The summed E-state index contributed by atoms with van der Waals surface area (Å²) in [6.07, 6.45) is 0.838. The molecular formula is C21H21BrN2O5. The van der Waals surface area contributed by atoms with Crippen molar-refractivity contribution in [2.45, 2.75) is 20.3 Å². The first kappa shape index (κ1) is 20.7. The van der Waals surface area contributed by atoms with E-state index in [2.05, 4.69) is 26.8 Å². The summed E-state index contributed by atoms with van der Waals surface area (Å²) in [7, 11) is 1.49. The largest absolute Gasteiger partial charge is 0.493 e. The number of fused-ring (bicyclic) bond motifs is 1. The van der Waals surface area contributed by atoms with E-state index in [1.54, 1.807) is 25.1 Å². The molecule has 3 rings (SSSR count). The Labute approximate surface area is 176 Å². The van der Waals surface area contributed by atoms with Crippen molar-refractivity contribution in [3.8, 4) is 11.5 Å². The van der Waals surface area contributed by atoms with E-state index in [4.69, 9.17) is 13.9 Å². The van der Waals surface area contributed by atoms with E-state index >= 15 is 0 Å². The molecule has 29 heavy (non-hydrogen) atoms. The average molecular weight is 461 g/mol. The van der Waals surface area contributed by atoms with E-state index in [1.165, 1.54) is 7.11 Å². The average Bonchev–Trinajstić information content (AvgIpc) is 3.07. The zero-order valence-corrected chi connectivity index (χ0v) is 17.9. The van der Waals surface area contributed by atoms with Gasteiger partial charge in [0.05, 0.1) is 18.2 Å². The fraction of sp³-hybridized carbons (Fsp3) is 0.238. The zero-order chi connectivity index (χ0) is 21.0. The molecule has 7 nitrogen and oxygen atoms in total. The van der Waals surface area contributed by atoms with Crippen LogP contribution in [0.2, 0.25) is 0 Å². The number of amides is 2. The smallest absolute Gasteiger partial charge is 0.305 e. The summed E-state index contributed by atoms with van der Waals surface area (Å²) in [6, 6.07) is 10.5. The number of hydrogen-bond donors (Lipinski definition) is 2. The monoisotopic (exact) mass is 460 g/mol. The van der Waals surface area contributed by atoms with Gasteiger partial charge in [-0.15, -0.1) is 0 Å². The van der Waals surface area contributed by atoms with E-state index in [0.717, 1.165) is 11.8 Å². The maximum Gasteiger partial charge on any atom is 0.305 e. The Hall–Kier alpha value is -3.00. The van der Waals surface area contributed by atoms with Gasteiger partial charge in [-0.3, -0.25) is 20.4 Å². The summed E-state index contributed by atoms with van der Waals surface area (Å²) in [5.41, 5.74) is 6.38. The van der Waals surface area contributed by atoms with Crippen molar-refractivity contribution >= 4 is 38.7 Å². The van der Waals surface area contributed by atoms with Crippen molar-refractivity contribution in [1.29, 1.82) is 0 Å². The molecule has 0 aliphatic heterocycles. The van der Waals surface area contributed by atoms with Gasteiger partial charge in [-0.05, 0) is 47.5 Å². The van der Waals surface area contributed by atoms with Crippen molar-refractivity contribution in [1.82, 2.24) is 10.9 Å².